The monoisotopic (exact) mass is 303 g/mol. The number of aromatic amines is 1. The van der Waals surface area contributed by atoms with Crippen LogP contribution < -0.4 is 9.64 Å². The van der Waals surface area contributed by atoms with Gasteiger partial charge in [0.25, 0.3) is 0 Å². The van der Waals surface area contributed by atoms with Gasteiger partial charge >= 0.3 is 11.9 Å². The molecule has 1 aromatic heterocycles. The van der Waals surface area contributed by atoms with Crippen molar-refractivity contribution >= 4 is 22.8 Å². The van der Waals surface area contributed by atoms with Crippen LogP contribution in [0.4, 0.5) is 0 Å². The number of quaternary nitrogens is 1. The molecule has 2 N–H and O–H groups in total. The molecule has 1 aliphatic rings. The highest BCUT2D eigenvalue weighted by Crippen LogP contribution is 2.24. The van der Waals surface area contributed by atoms with E-state index >= 15 is 0 Å². The standard InChI is InChI=1S/C16H18N2O4/c1-10(2)18-8-11(22-16(20)15(18)19)9-21-14-5-3-4-13-12(14)6-7-17-13/h3-7,10-11,17H,8-9H2,1-2H3/p+1. The number of nitrogens with one attached hydrogen (secondary N) is 2. The Bertz CT molecular complexity index is 707. The molecule has 1 amide bonds. The van der Waals surface area contributed by atoms with Gasteiger partial charge in [-0.25, -0.2) is 9.59 Å². The molecule has 116 valence electrons. The van der Waals surface area contributed by atoms with Gasteiger partial charge in [0.05, 0.1) is 6.04 Å². The topological polar surface area (TPSA) is 72.8 Å². The molecule has 0 radical (unpaired) electrons. The lowest BCUT2D eigenvalue weighted by Crippen LogP contribution is -3.20. The van der Waals surface area contributed by atoms with Crippen molar-refractivity contribution in [3.63, 3.8) is 0 Å². The molecule has 0 saturated carbocycles. The number of morpholine rings is 1. The first-order valence-electron chi connectivity index (χ1n) is 7.36. The lowest BCUT2D eigenvalue weighted by Gasteiger charge is -2.29. The minimum Gasteiger partial charge on any atom is -0.489 e. The van der Waals surface area contributed by atoms with Crippen molar-refractivity contribution in [2.24, 2.45) is 0 Å². The van der Waals surface area contributed by atoms with Gasteiger partial charge < -0.3 is 14.5 Å². The van der Waals surface area contributed by atoms with E-state index in [4.69, 9.17) is 9.47 Å². The van der Waals surface area contributed by atoms with E-state index in [1.807, 2.05) is 44.3 Å². The van der Waals surface area contributed by atoms with E-state index in [0.717, 1.165) is 16.7 Å². The van der Waals surface area contributed by atoms with Crippen LogP contribution in [0.1, 0.15) is 13.8 Å². The first-order chi connectivity index (χ1) is 10.6. The summed E-state index contributed by atoms with van der Waals surface area (Å²) >= 11 is 0. The van der Waals surface area contributed by atoms with Gasteiger partial charge in [0.15, 0.2) is 6.10 Å². The number of rotatable bonds is 4. The maximum absolute atomic E-state index is 11.8. The molecule has 6 nitrogen and oxygen atoms in total. The van der Waals surface area contributed by atoms with Crippen LogP contribution in [0.5, 0.6) is 5.75 Å². The normalized spacial score (nSPS) is 22.1. The summed E-state index contributed by atoms with van der Waals surface area (Å²) in [4.78, 5) is 27.2. The quantitative estimate of drug-likeness (QED) is 0.629. The summed E-state index contributed by atoms with van der Waals surface area (Å²) in [5, 5.41) is 0.980. The minimum absolute atomic E-state index is 0.0379. The SMILES string of the molecule is CC(C)[NH+]1CC(COc2cccc3[nH]ccc23)OC(=O)C1=O. The molecule has 6 heteroatoms. The Morgan fingerprint density at radius 1 is 1.36 bits per heavy atom. The molecule has 2 heterocycles. The van der Waals surface area contributed by atoms with E-state index in [1.54, 1.807) is 0 Å². The third kappa shape index (κ3) is 2.69. The smallest absolute Gasteiger partial charge is 0.437 e. The largest absolute Gasteiger partial charge is 0.489 e. The molecule has 1 saturated heterocycles. The Morgan fingerprint density at radius 2 is 2.18 bits per heavy atom. The number of amides is 1. The van der Waals surface area contributed by atoms with E-state index in [0.29, 0.717) is 11.4 Å². The van der Waals surface area contributed by atoms with Gasteiger partial charge in [0.2, 0.25) is 0 Å². The second kappa shape index (κ2) is 5.81. The summed E-state index contributed by atoms with van der Waals surface area (Å²) in [7, 11) is 0. The number of hydrogen-bond acceptors (Lipinski definition) is 4. The molecule has 2 atom stereocenters. The van der Waals surface area contributed by atoms with Crippen molar-refractivity contribution in [2.75, 3.05) is 13.2 Å². The van der Waals surface area contributed by atoms with Crippen molar-refractivity contribution in [3.05, 3.63) is 30.5 Å². The van der Waals surface area contributed by atoms with Crippen LogP contribution in [0.3, 0.4) is 0 Å². The molecule has 22 heavy (non-hydrogen) atoms. The maximum atomic E-state index is 11.8. The molecule has 1 aromatic carbocycles. The van der Waals surface area contributed by atoms with E-state index in [9.17, 15) is 9.59 Å². The van der Waals surface area contributed by atoms with Crippen LogP contribution in [0.2, 0.25) is 0 Å². The summed E-state index contributed by atoms with van der Waals surface area (Å²) in [5.41, 5.74) is 0.989. The van der Waals surface area contributed by atoms with Crippen molar-refractivity contribution in [3.8, 4) is 5.75 Å². The Kier molecular flexibility index (Phi) is 3.85. The second-order valence-electron chi connectivity index (χ2n) is 5.75. The van der Waals surface area contributed by atoms with E-state index < -0.39 is 18.0 Å². The minimum atomic E-state index is -0.775. The zero-order valence-corrected chi connectivity index (χ0v) is 12.6. The number of benzene rings is 1. The number of aromatic nitrogens is 1. The molecule has 0 spiro atoms. The highest BCUT2D eigenvalue weighted by Gasteiger charge is 2.41. The molecular weight excluding hydrogens is 284 g/mol. The van der Waals surface area contributed by atoms with Crippen molar-refractivity contribution < 1.29 is 24.0 Å². The number of carbonyl (C=O) groups excluding carboxylic acids is 2. The summed E-state index contributed by atoms with van der Waals surface area (Å²) in [6.07, 6.45) is 1.43. The van der Waals surface area contributed by atoms with Gasteiger partial charge in [-0.15, -0.1) is 0 Å². The highest BCUT2D eigenvalue weighted by atomic mass is 16.6. The fraction of sp³-hybridized carbons (Fsp3) is 0.375. The first-order valence-corrected chi connectivity index (χ1v) is 7.36. The molecule has 0 bridgehead atoms. The number of fused-ring (bicyclic) bond motifs is 1. The predicted octanol–water partition coefficient (Wildman–Crippen LogP) is 0.292. The Morgan fingerprint density at radius 3 is 2.95 bits per heavy atom. The molecule has 2 unspecified atom stereocenters. The highest BCUT2D eigenvalue weighted by molar-refractivity contribution is 6.28. The number of carbonyl (C=O) groups is 2. The lowest BCUT2D eigenvalue weighted by atomic mass is 10.2. The first kappa shape index (κ1) is 14.6. The number of hydrogen-bond donors (Lipinski definition) is 2. The van der Waals surface area contributed by atoms with E-state index in [2.05, 4.69) is 4.98 Å². The van der Waals surface area contributed by atoms with Gasteiger partial charge in [0, 0.05) is 17.1 Å². The number of esters is 1. The number of H-pyrrole nitrogens is 1. The molecule has 2 aromatic rings. The fourth-order valence-electron chi connectivity index (χ4n) is 2.67. The Hall–Kier alpha value is -2.34. The van der Waals surface area contributed by atoms with Crippen LogP contribution in [0.25, 0.3) is 10.9 Å². The third-order valence-electron chi connectivity index (χ3n) is 3.87. The number of cyclic esters (lactones) is 1. The predicted molar refractivity (Wildman–Crippen MR) is 79.6 cm³/mol. The molecule has 3 rings (SSSR count). The van der Waals surface area contributed by atoms with Crippen molar-refractivity contribution in [1.29, 1.82) is 0 Å². The summed E-state index contributed by atoms with van der Waals surface area (Å²) in [6, 6.07) is 7.71. The van der Waals surface area contributed by atoms with Gasteiger partial charge in [0.1, 0.15) is 18.9 Å². The number of ether oxygens (including phenoxy) is 2. The van der Waals surface area contributed by atoms with Crippen LogP contribution in [-0.4, -0.2) is 42.2 Å². The van der Waals surface area contributed by atoms with E-state index in [1.165, 1.54) is 0 Å². The third-order valence-corrected chi connectivity index (χ3v) is 3.87. The summed E-state index contributed by atoms with van der Waals surface area (Å²) in [6.45, 7) is 4.49. The van der Waals surface area contributed by atoms with Crippen LogP contribution in [-0.2, 0) is 14.3 Å². The van der Waals surface area contributed by atoms with Crippen LogP contribution in [0, 0.1) is 0 Å². The molecule has 1 fully saturated rings. The Balaban J connectivity index is 1.70. The Labute approximate surface area is 128 Å². The lowest BCUT2D eigenvalue weighted by molar-refractivity contribution is -0.847. The maximum Gasteiger partial charge on any atom is 0.437 e. The zero-order chi connectivity index (χ0) is 15.7. The summed E-state index contributed by atoms with van der Waals surface area (Å²) < 4.78 is 11.0. The second-order valence-corrected chi connectivity index (χ2v) is 5.75. The summed E-state index contributed by atoms with van der Waals surface area (Å²) in [5.74, 6) is -0.541. The zero-order valence-electron chi connectivity index (χ0n) is 12.6. The van der Waals surface area contributed by atoms with Crippen LogP contribution >= 0.6 is 0 Å². The molecular formula is C16H19N2O4+. The van der Waals surface area contributed by atoms with E-state index in [-0.39, 0.29) is 12.6 Å². The van der Waals surface area contributed by atoms with Gasteiger partial charge in [-0.3, -0.25) is 4.90 Å². The van der Waals surface area contributed by atoms with Crippen molar-refractivity contribution in [2.45, 2.75) is 26.0 Å². The fourth-order valence-corrected chi connectivity index (χ4v) is 2.67. The van der Waals surface area contributed by atoms with Gasteiger partial charge in [-0.05, 0) is 32.0 Å². The van der Waals surface area contributed by atoms with Gasteiger partial charge in [-0.1, -0.05) is 6.07 Å². The molecule has 1 aliphatic heterocycles. The molecule has 0 aliphatic carbocycles. The van der Waals surface area contributed by atoms with Crippen molar-refractivity contribution in [1.82, 2.24) is 4.98 Å². The van der Waals surface area contributed by atoms with Crippen LogP contribution in [0.15, 0.2) is 30.5 Å². The average Bonchev–Trinajstić information content (AvgIpc) is 2.97. The van der Waals surface area contributed by atoms with Gasteiger partial charge in [-0.2, -0.15) is 0 Å². The average molecular weight is 303 g/mol.